The van der Waals surface area contributed by atoms with Crippen molar-refractivity contribution in [1.29, 1.82) is 0 Å². The third-order valence-corrected chi connectivity index (χ3v) is 18.1. The van der Waals surface area contributed by atoms with Gasteiger partial charge in [-0.15, -0.1) is 0 Å². The zero-order valence-electron chi connectivity index (χ0n) is 62.8. The van der Waals surface area contributed by atoms with Crippen LogP contribution in [0, 0.1) is 0 Å². The lowest BCUT2D eigenvalue weighted by Gasteiger charge is -2.21. The SMILES string of the molecule is CC/C=C\C/C=C\C/C=C\C/C=C\C/C=C\CCCCCC(=O)OCC(COP(=O)(O)OCC(O)COP(=O)(O)OCC(COC(=O)CCCCCCC/C=C\CCCCCCCC)OC(=O)CCCCCCC/C=C\CCCCCC)OC(=O)CCCCCCC/C=C\C/C=C\CCC. The third-order valence-electron chi connectivity index (χ3n) is 16.2. The number of allylic oxidation sites excluding steroid dienone is 18. The summed E-state index contributed by atoms with van der Waals surface area (Å²) >= 11 is 0. The number of hydrogen-bond acceptors (Lipinski definition) is 15. The van der Waals surface area contributed by atoms with Gasteiger partial charge in [-0.05, 0) is 148 Å². The highest BCUT2D eigenvalue weighted by Gasteiger charge is 2.30. The van der Waals surface area contributed by atoms with E-state index < -0.39 is 97.5 Å². The summed E-state index contributed by atoms with van der Waals surface area (Å²) in [7, 11) is -9.97. The van der Waals surface area contributed by atoms with Crippen molar-refractivity contribution in [2.45, 2.75) is 341 Å². The van der Waals surface area contributed by atoms with Crippen LogP contribution in [0.1, 0.15) is 323 Å². The van der Waals surface area contributed by atoms with Crippen LogP contribution in [-0.4, -0.2) is 96.7 Å². The molecular formula is C81H140O17P2. The van der Waals surface area contributed by atoms with E-state index >= 15 is 0 Å². The second-order valence-electron chi connectivity index (χ2n) is 25.9. The Hall–Kier alpha value is -4.28. The van der Waals surface area contributed by atoms with Crippen LogP contribution in [0.2, 0.25) is 0 Å². The lowest BCUT2D eigenvalue weighted by atomic mass is 10.1. The van der Waals surface area contributed by atoms with Crippen molar-refractivity contribution in [2.75, 3.05) is 39.6 Å². The number of aliphatic hydroxyl groups excluding tert-OH is 1. The molecule has 0 aromatic rings. The predicted octanol–water partition coefficient (Wildman–Crippen LogP) is 22.6. The third kappa shape index (κ3) is 72.1. The van der Waals surface area contributed by atoms with Crippen LogP contribution in [0.25, 0.3) is 0 Å². The van der Waals surface area contributed by atoms with Gasteiger partial charge in [0.05, 0.1) is 26.4 Å². The van der Waals surface area contributed by atoms with Gasteiger partial charge in [0.15, 0.2) is 12.2 Å². The Morgan fingerprint density at radius 2 is 0.540 bits per heavy atom. The Kier molecular flexibility index (Phi) is 69.9. The van der Waals surface area contributed by atoms with Crippen molar-refractivity contribution in [3.8, 4) is 0 Å². The molecule has 0 fully saturated rings. The van der Waals surface area contributed by atoms with Gasteiger partial charge in [-0.25, -0.2) is 9.13 Å². The summed E-state index contributed by atoms with van der Waals surface area (Å²) < 4.78 is 68.5. The minimum absolute atomic E-state index is 0.0693. The molecule has 3 N–H and O–H groups in total. The standard InChI is InChI=1S/C81H140O17P2/c1-5-9-13-17-21-25-29-33-35-36-37-38-40-44-46-50-54-58-62-66-79(84)92-72-77(98-81(86)68-64-60-56-52-48-42-32-28-24-20-16-12-8-4)74-96-100(89,90)94-70-75(82)69-93-99(87,88)95-73-76(97-80(85)67-63-59-55-51-47-41-31-27-23-19-15-11-7-3)71-91-78(83)65-61-57-53-49-45-43-39-34-30-26-22-18-14-10-6-2/h9,13,16,20-21,25,27-28,31-35,37-39,44,46,75-77,82H,5-8,10-12,14-15,17-19,22-24,26,29-30,36,40-43,45,47-74H2,1-4H3,(H,87,88)(H,89,90)/b13-9-,20-16-,25-21-,31-27-,32-28-,35-33-,38-37-,39-34-,46-44-. The van der Waals surface area contributed by atoms with Crippen LogP contribution in [-0.2, 0) is 65.4 Å². The average molecular weight is 1450 g/mol. The van der Waals surface area contributed by atoms with Crippen LogP contribution in [0.5, 0.6) is 0 Å². The van der Waals surface area contributed by atoms with Gasteiger partial charge in [0.1, 0.15) is 19.3 Å². The van der Waals surface area contributed by atoms with E-state index in [0.29, 0.717) is 25.7 Å². The summed E-state index contributed by atoms with van der Waals surface area (Å²) in [6, 6.07) is 0. The fraction of sp³-hybridized carbons (Fsp3) is 0.728. The maximum Gasteiger partial charge on any atom is 0.472 e. The summed E-state index contributed by atoms with van der Waals surface area (Å²) in [5.41, 5.74) is 0. The molecule has 19 heteroatoms. The number of rotatable bonds is 73. The molecule has 17 nitrogen and oxygen atoms in total. The van der Waals surface area contributed by atoms with E-state index in [1.165, 1.54) is 64.2 Å². The van der Waals surface area contributed by atoms with Gasteiger partial charge in [-0.2, -0.15) is 0 Å². The number of carbonyl (C=O) groups is 4. The lowest BCUT2D eigenvalue weighted by molar-refractivity contribution is -0.161. The van der Waals surface area contributed by atoms with Crippen molar-refractivity contribution in [1.82, 2.24) is 0 Å². The average Bonchev–Trinajstić information content (AvgIpc) is 0.935. The zero-order valence-corrected chi connectivity index (χ0v) is 64.6. The summed E-state index contributed by atoms with van der Waals surface area (Å²) in [6.45, 7) is 4.62. The molecule has 0 saturated heterocycles. The van der Waals surface area contributed by atoms with Crippen LogP contribution in [0.3, 0.4) is 0 Å². The molecule has 0 radical (unpaired) electrons. The molecule has 576 valence electrons. The van der Waals surface area contributed by atoms with Crippen molar-refractivity contribution in [3.05, 3.63) is 109 Å². The van der Waals surface area contributed by atoms with Gasteiger partial charge in [0.2, 0.25) is 0 Å². The Bertz CT molecular complexity index is 2320. The van der Waals surface area contributed by atoms with Crippen LogP contribution >= 0.6 is 15.6 Å². The molecule has 0 aliphatic rings. The molecule has 0 amide bonds. The first-order chi connectivity index (χ1) is 48.7. The minimum Gasteiger partial charge on any atom is -0.462 e. The predicted molar refractivity (Wildman–Crippen MR) is 408 cm³/mol. The second-order valence-corrected chi connectivity index (χ2v) is 28.8. The normalized spacial score (nSPS) is 14.5. The van der Waals surface area contributed by atoms with Gasteiger partial charge in [0.25, 0.3) is 0 Å². The first kappa shape index (κ1) is 95.7. The quantitative estimate of drug-likeness (QED) is 0.0169. The van der Waals surface area contributed by atoms with Crippen LogP contribution < -0.4 is 0 Å². The molecule has 5 unspecified atom stereocenters. The number of hydrogen-bond donors (Lipinski definition) is 3. The number of esters is 4. The van der Waals surface area contributed by atoms with Gasteiger partial charge in [0, 0.05) is 25.7 Å². The molecule has 5 atom stereocenters. The van der Waals surface area contributed by atoms with Gasteiger partial charge < -0.3 is 33.8 Å². The summed E-state index contributed by atoms with van der Waals surface area (Å²) in [6.07, 6.45) is 77.9. The molecule has 0 rings (SSSR count). The second kappa shape index (κ2) is 73.0. The summed E-state index contributed by atoms with van der Waals surface area (Å²) in [4.78, 5) is 72.9. The summed E-state index contributed by atoms with van der Waals surface area (Å²) in [5.74, 6) is -2.24. The number of unbranched alkanes of at least 4 members (excludes halogenated alkanes) is 29. The van der Waals surface area contributed by atoms with Crippen molar-refractivity contribution >= 4 is 39.5 Å². The smallest absolute Gasteiger partial charge is 0.462 e. The molecule has 0 aliphatic heterocycles. The topological polar surface area (TPSA) is 237 Å². The molecule has 0 aromatic heterocycles. The van der Waals surface area contributed by atoms with Crippen LogP contribution in [0.4, 0.5) is 0 Å². The summed E-state index contributed by atoms with van der Waals surface area (Å²) in [5, 5.41) is 10.6. The molecule has 0 aromatic carbocycles. The van der Waals surface area contributed by atoms with E-state index in [2.05, 4.69) is 137 Å². The monoisotopic (exact) mass is 1450 g/mol. The van der Waals surface area contributed by atoms with E-state index in [1.54, 1.807) is 0 Å². The highest BCUT2D eigenvalue weighted by Crippen LogP contribution is 2.45. The Morgan fingerprint density at radius 1 is 0.290 bits per heavy atom. The fourth-order valence-corrected chi connectivity index (χ4v) is 11.8. The van der Waals surface area contributed by atoms with E-state index in [0.717, 1.165) is 180 Å². The molecule has 100 heavy (non-hydrogen) atoms. The molecule has 0 heterocycles. The number of aliphatic hydroxyl groups is 1. The van der Waals surface area contributed by atoms with Crippen molar-refractivity contribution in [3.63, 3.8) is 0 Å². The fourth-order valence-electron chi connectivity index (χ4n) is 10.2. The molecule has 0 bridgehead atoms. The van der Waals surface area contributed by atoms with E-state index in [4.69, 9.17) is 37.0 Å². The van der Waals surface area contributed by atoms with Crippen molar-refractivity contribution < 1.29 is 80.2 Å². The number of phosphoric ester groups is 2. The minimum atomic E-state index is -4.99. The van der Waals surface area contributed by atoms with Gasteiger partial charge in [-0.1, -0.05) is 259 Å². The van der Waals surface area contributed by atoms with Gasteiger partial charge in [-0.3, -0.25) is 37.3 Å². The maximum atomic E-state index is 13.1. The van der Waals surface area contributed by atoms with Gasteiger partial charge >= 0.3 is 39.5 Å². The largest absolute Gasteiger partial charge is 0.472 e. The Morgan fingerprint density at radius 3 is 0.870 bits per heavy atom. The number of phosphoric acid groups is 2. The first-order valence-electron chi connectivity index (χ1n) is 39.1. The highest BCUT2D eigenvalue weighted by atomic mass is 31.2. The van der Waals surface area contributed by atoms with E-state index in [-0.39, 0.29) is 25.7 Å². The van der Waals surface area contributed by atoms with Crippen molar-refractivity contribution in [2.24, 2.45) is 0 Å². The van der Waals surface area contributed by atoms with E-state index in [1.807, 2.05) is 0 Å². The Balaban J connectivity index is 5.37. The Labute approximate surface area is 607 Å². The molecule has 0 aliphatic carbocycles. The molecule has 0 saturated carbocycles. The zero-order chi connectivity index (χ0) is 73.2. The van der Waals surface area contributed by atoms with E-state index in [9.17, 15) is 43.2 Å². The molecular weight excluding hydrogens is 1310 g/mol. The number of carbonyl (C=O) groups excluding carboxylic acids is 4. The maximum absolute atomic E-state index is 13.1. The van der Waals surface area contributed by atoms with Crippen LogP contribution in [0.15, 0.2) is 109 Å². The molecule has 0 spiro atoms. The first-order valence-corrected chi connectivity index (χ1v) is 42.1. The highest BCUT2D eigenvalue weighted by molar-refractivity contribution is 7.47. The number of ether oxygens (including phenoxy) is 4. The lowest BCUT2D eigenvalue weighted by Crippen LogP contribution is -2.30.